The van der Waals surface area contributed by atoms with E-state index in [2.05, 4.69) is 23.7 Å². The van der Waals surface area contributed by atoms with E-state index in [0.717, 1.165) is 30.8 Å². The third kappa shape index (κ3) is 4.44. The maximum atomic E-state index is 5.68. The molecule has 0 aliphatic heterocycles. The first-order valence-corrected chi connectivity index (χ1v) is 7.06. The van der Waals surface area contributed by atoms with E-state index in [9.17, 15) is 0 Å². The molecule has 0 spiro atoms. The van der Waals surface area contributed by atoms with Gasteiger partial charge in [0.25, 0.3) is 0 Å². The number of aromatic nitrogens is 1. The second-order valence-electron chi connectivity index (χ2n) is 4.42. The lowest BCUT2D eigenvalue weighted by molar-refractivity contribution is 0.202. The summed E-state index contributed by atoms with van der Waals surface area (Å²) < 4.78 is 5.19. The highest BCUT2D eigenvalue weighted by molar-refractivity contribution is 7.80. The highest BCUT2D eigenvalue weighted by Crippen LogP contribution is 2.19. The van der Waals surface area contributed by atoms with Crippen molar-refractivity contribution in [2.24, 2.45) is 5.73 Å². The summed E-state index contributed by atoms with van der Waals surface area (Å²) in [5.74, 6) is 0.913. The number of nitrogens with zero attached hydrogens (tertiary/aromatic N) is 2. The highest BCUT2D eigenvalue weighted by Gasteiger charge is 2.17. The maximum absolute atomic E-state index is 5.68. The monoisotopic (exact) mass is 281 g/mol. The van der Waals surface area contributed by atoms with E-state index in [0.29, 0.717) is 17.6 Å². The minimum absolute atomic E-state index is 0.403. The van der Waals surface area contributed by atoms with Gasteiger partial charge in [-0.3, -0.25) is 0 Å². The van der Waals surface area contributed by atoms with Gasteiger partial charge < -0.3 is 15.4 Å². The molecule has 1 aromatic rings. The zero-order valence-corrected chi connectivity index (χ0v) is 12.7. The standard InChI is InChI=1S/C14H23N3OS/c1-4-12(5-2)17(8-9-18-3)13-10-11(14(15)19)6-7-16-13/h6-7,10,12H,4-5,8-9H2,1-3H3,(H2,15,19). The van der Waals surface area contributed by atoms with Gasteiger partial charge in [0.05, 0.1) is 6.61 Å². The lowest BCUT2D eigenvalue weighted by Crippen LogP contribution is -2.37. The number of hydrogen-bond donors (Lipinski definition) is 1. The Kier molecular flexibility index (Phi) is 6.73. The van der Waals surface area contributed by atoms with Gasteiger partial charge in [0.15, 0.2) is 0 Å². The molecule has 0 aliphatic rings. The van der Waals surface area contributed by atoms with Crippen molar-refractivity contribution in [2.45, 2.75) is 32.7 Å². The number of methoxy groups -OCH3 is 1. The molecule has 0 aliphatic carbocycles. The van der Waals surface area contributed by atoms with E-state index in [-0.39, 0.29) is 0 Å². The third-order valence-electron chi connectivity index (χ3n) is 3.24. The summed E-state index contributed by atoms with van der Waals surface area (Å²) in [6.07, 6.45) is 3.89. The normalized spacial score (nSPS) is 10.7. The summed E-state index contributed by atoms with van der Waals surface area (Å²) in [7, 11) is 1.71. The first-order chi connectivity index (χ1) is 9.13. The van der Waals surface area contributed by atoms with Crippen molar-refractivity contribution in [1.29, 1.82) is 0 Å². The molecule has 0 radical (unpaired) electrons. The minimum atomic E-state index is 0.403. The molecule has 0 aromatic carbocycles. The molecular weight excluding hydrogens is 258 g/mol. The van der Waals surface area contributed by atoms with Crippen LogP contribution < -0.4 is 10.6 Å². The fourth-order valence-electron chi connectivity index (χ4n) is 2.13. The minimum Gasteiger partial charge on any atom is -0.389 e. The Morgan fingerprint density at radius 2 is 2.16 bits per heavy atom. The molecule has 1 aromatic heterocycles. The van der Waals surface area contributed by atoms with E-state index in [1.807, 2.05) is 12.1 Å². The summed E-state index contributed by atoms with van der Waals surface area (Å²) in [5.41, 5.74) is 6.54. The van der Waals surface area contributed by atoms with Gasteiger partial charge in [-0.1, -0.05) is 26.1 Å². The molecule has 0 amide bonds. The predicted molar refractivity (Wildman–Crippen MR) is 83.7 cm³/mol. The van der Waals surface area contributed by atoms with Crippen molar-refractivity contribution < 1.29 is 4.74 Å². The number of hydrogen-bond acceptors (Lipinski definition) is 4. The Hall–Kier alpha value is -1.20. The number of ether oxygens (including phenoxy) is 1. The van der Waals surface area contributed by atoms with Crippen LogP contribution in [0.5, 0.6) is 0 Å². The Morgan fingerprint density at radius 1 is 1.47 bits per heavy atom. The zero-order chi connectivity index (χ0) is 14.3. The predicted octanol–water partition coefficient (Wildman–Crippen LogP) is 2.36. The second kappa shape index (κ2) is 8.07. The van der Waals surface area contributed by atoms with Crippen molar-refractivity contribution in [3.63, 3.8) is 0 Å². The Balaban J connectivity index is 3.01. The molecule has 0 saturated carbocycles. The SMILES string of the molecule is CCC(CC)N(CCOC)c1cc(C(N)=S)ccn1. The van der Waals surface area contributed by atoms with Crippen molar-refractivity contribution in [1.82, 2.24) is 4.98 Å². The number of thiocarbonyl (C=S) groups is 1. The van der Waals surface area contributed by atoms with E-state index in [1.165, 1.54) is 0 Å². The first kappa shape index (κ1) is 15.9. The molecule has 0 fully saturated rings. The van der Waals surface area contributed by atoms with Crippen LogP contribution in [-0.4, -0.2) is 36.3 Å². The molecule has 1 heterocycles. The number of anilines is 1. The maximum Gasteiger partial charge on any atom is 0.129 e. The van der Waals surface area contributed by atoms with Gasteiger partial charge in [-0.05, 0) is 25.0 Å². The van der Waals surface area contributed by atoms with Gasteiger partial charge in [0, 0.05) is 31.5 Å². The number of nitrogens with two attached hydrogens (primary N) is 1. The summed E-state index contributed by atoms with van der Waals surface area (Å²) in [5, 5.41) is 0. The fraction of sp³-hybridized carbons (Fsp3) is 0.571. The molecule has 19 heavy (non-hydrogen) atoms. The van der Waals surface area contributed by atoms with E-state index in [4.69, 9.17) is 22.7 Å². The average Bonchev–Trinajstić information content (AvgIpc) is 2.43. The van der Waals surface area contributed by atoms with Crippen molar-refractivity contribution >= 4 is 23.0 Å². The highest BCUT2D eigenvalue weighted by atomic mass is 32.1. The Morgan fingerprint density at radius 3 is 2.68 bits per heavy atom. The van der Waals surface area contributed by atoms with E-state index >= 15 is 0 Å². The lowest BCUT2D eigenvalue weighted by atomic mass is 10.1. The zero-order valence-electron chi connectivity index (χ0n) is 11.9. The van der Waals surface area contributed by atoms with Crippen LogP contribution in [-0.2, 0) is 4.74 Å². The molecule has 0 bridgehead atoms. The molecule has 0 saturated heterocycles. The summed E-state index contributed by atoms with van der Waals surface area (Å²) >= 11 is 5.02. The van der Waals surface area contributed by atoms with Gasteiger partial charge in [-0.2, -0.15) is 0 Å². The Labute approximate surface area is 121 Å². The summed E-state index contributed by atoms with van der Waals surface area (Å²) in [6, 6.07) is 4.24. The van der Waals surface area contributed by atoms with Crippen LogP contribution in [0.1, 0.15) is 32.3 Å². The van der Waals surface area contributed by atoms with E-state index in [1.54, 1.807) is 13.3 Å². The van der Waals surface area contributed by atoms with Crippen LogP contribution in [0.2, 0.25) is 0 Å². The molecule has 1 rings (SSSR count). The van der Waals surface area contributed by atoms with Gasteiger partial charge >= 0.3 is 0 Å². The van der Waals surface area contributed by atoms with Gasteiger partial charge in [-0.15, -0.1) is 0 Å². The summed E-state index contributed by atoms with van der Waals surface area (Å²) in [6.45, 7) is 5.86. The molecule has 4 nitrogen and oxygen atoms in total. The third-order valence-corrected chi connectivity index (χ3v) is 3.48. The average molecular weight is 281 g/mol. The molecule has 0 atom stereocenters. The van der Waals surface area contributed by atoms with Crippen LogP contribution in [0, 0.1) is 0 Å². The van der Waals surface area contributed by atoms with Crippen LogP contribution in [0.3, 0.4) is 0 Å². The molecule has 0 unspecified atom stereocenters. The van der Waals surface area contributed by atoms with Gasteiger partial charge in [-0.25, -0.2) is 4.98 Å². The number of rotatable bonds is 8. The lowest BCUT2D eigenvalue weighted by Gasteiger charge is -2.31. The van der Waals surface area contributed by atoms with Gasteiger partial charge in [0.1, 0.15) is 10.8 Å². The summed E-state index contributed by atoms with van der Waals surface area (Å²) in [4.78, 5) is 7.12. The van der Waals surface area contributed by atoms with Crippen molar-refractivity contribution in [2.75, 3.05) is 25.2 Å². The molecule has 2 N–H and O–H groups in total. The Bertz CT molecular complexity index is 407. The molecular formula is C14H23N3OS. The molecule has 106 valence electrons. The first-order valence-electron chi connectivity index (χ1n) is 6.65. The van der Waals surface area contributed by atoms with Crippen molar-refractivity contribution in [3.8, 4) is 0 Å². The smallest absolute Gasteiger partial charge is 0.129 e. The van der Waals surface area contributed by atoms with Crippen LogP contribution in [0.4, 0.5) is 5.82 Å². The van der Waals surface area contributed by atoms with E-state index < -0.39 is 0 Å². The fourth-order valence-corrected chi connectivity index (χ4v) is 2.26. The second-order valence-corrected chi connectivity index (χ2v) is 4.86. The van der Waals surface area contributed by atoms with Crippen LogP contribution in [0.25, 0.3) is 0 Å². The largest absolute Gasteiger partial charge is 0.389 e. The van der Waals surface area contributed by atoms with Crippen LogP contribution in [0.15, 0.2) is 18.3 Å². The van der Waals surface area contributed by atoms with Crippen LogP contribution >= 0.6 is 12.2 Å². The van der Waals surface area contributed by atoms with Crippen molar-refractivity contribution in [3.05, 3.63) is 23.9 Å². The van der Waals surface area contributed by atoms with Gasteiger partial charge in [0.2, 0.25) is 0 Å². The topological polar surface area (TPSA) is 51.4 Å². The molecule has 5 heteroatoms. The number of pyridine rings is 1. The quantitative estimate of drug-likeness (QED) is 0.741.